The number of aliphatic hydroxyl groups is 1. The quantitative estimate of drug-likeness (QED) is 0.746. The van der Waals surface area contributed by atoms with Crippen LogP contribution in [0.25, 0.3) is 0 Å². The second kappa shape index (κ2) is 3.67. The Morgan fingerprint density at radius 2 is 2.25 bits per heavy atom. The summed E-state index contributed by atoms with van der Waals surface area (Å²) in [7, 11) is 0. The summed E-state index contributed by atoms with van der Waals surface area (Å²) in [5.41, 5.74) is 1.46. The number of hydrogen-bond acceptors (Lipinski definition) is 3. The third-order valence-electron chi connectivity index (χ3n) is 1.80. The maximum absolute atomic E-state index is 12.7. The van der Waals surface area contributed by atoms with E-state index >= 15 is 0 Å². The average molecular weight is 173 g/mol. The van der Waals surface area contributed by atoms with Gasteiger partial charge in [-0.15, -0.1) is 0 Å². The van der Waals surface area contributed by atoms with Crippen molar-refractivity contribution in [2.75, 3.05) is 6.61 Å². The van der Waals surface area contributed by atoms with Gasteiger partial charge in [-0.05, 0) is 13.8 Å². The minimum atomic E-state index is -1.22. The van der Waals surface area contributed by atoms with E-state index in [4.69, 9.17) is 9.63 Å². The Bertz CT molecular complexity index is 240. The third kappa shape index (κ3) is 1.82. The van der Waals surface area contributed by atoms with Gasteiger partial charge in [0, 0.05) is 12.0 Å². The standard InChI is InChI=1S/C8H12FNO2/c1-5-8(3-7(9)4-11)6(2)12-10-5/h7,11H,3-4H2,1-2H3/t7-/m0/s1. The minimum absolute atomic E-state index is 0.178. The molecule has 4 heteroatoms. The van der Waals surface area contributed by atoms with Crippen molar-refractivity contribution < 1.29 is 14.0 Å². The number of halogens is 1. The van der Waals surface area contributed by atoms with Gasteiger partial charge in [0.2, 0.25) is 0 Å². The van der Waals surface area contributed by atoms with Gasteiger partial charge < -0.3 is 9.63 Å². The summed E-state index contributed by atoms with van der Waals surface area (Å²) in [6.07, 6.45) is -1.04. The highest BCUT2D eigenvalue weighted by Gasteiger charge is 2.14. The number of hydrogen-bond donors (Lipinski definition) is 1. The van der Waals surface area contributed by atoms with Crippen molar-refractivity contribution in [3.8, 4) is 0 Å². The van der Waals surface area contributed by atoms with Crippen LogP contribution in [0.4, 0.5) is 4.39 Å². The van der Waals surface area contributed by atoms with Gasteiger partial charge in [-0.2, -0.15) is 0 Å². The number of rotatable bonds is 3. The molecule has 3 nitrogen and oxygen atoms in total. The lowest BCUT2D eigenvalue weighted by molar-refractivity contribution is 0.177. The maximum Gasteiger partial charge on any atom is 0.137 e. The molecule has 68 valence electrons. The molecule has 0 saturated carbocycles. The molecule has 0 aliphatic carbocycles. The van der Waals surface area contributed by atoms with E-state index in [2.05, 4.69) is 5.16 Å². The van der Waals surface area contributed by atoms with E-state index in [0.717, 1.165) is 5.56 Å². The fourth-order valence-electron chi connectivity index (χ4n) is 1.08. The van der Waals surface area contributed by atoms with Crippen molar-refractivity contribution in [1.82, 2.24) is 5.16 Å². The number of aromatic nitrogens is 1. The molecule has 0 aromatic carbocycles. The van der Waals surface area contributed by atoms with Gasteiger partial charge in [-0.3, -0.25) is 0 Å². The first-order valence-corrected chi connectivity index (χ1v) is 3.81. The summed E-state index contributed by atoms with van der Waals surface area (Å²) in [6.45, 7) is 3.04. The molecule has 0 radical (unpaired) electrons. The molecule has 0 aliphatic rings. The summed E-state index contributed by atoms with van der Waals surface area (Å²) in [4.78, 5) is 0. The summed E-state index contributed by atoms with van der Waals surface area (Å²) in [6, 6.07) is 0. The zero-order valence-electron chi connectivity index (χ0n) is 7.17. The molecule has 0 bridgehead atoms. The van der Waals surface area contributed by atoms with Crippen molar-refractivity contribution in [2.24, 2.45) is 0 Å². The van der Waals surface area contributed by atoms with Crippen LogP contribution in [0.2, 0.25) is 0 Å². The zero-order valence-corrected chi connectivity index (χ0v) is 7.17. The van der Waals surface area contributed by atoms with E-state index in [0.29, 0.717) is 11.5 Å². The predicted octanol–water partition coefficient (Wildman–Crippen LogP) is 1.16. The lowest BCUT2D eigenvalue weighted by Gasteiger charge is -2.02. The van der Waals surface area contributed by atoms with Gasteiger partial charge in [0.1, 0.15) is 11.9 Å². The Morgan fingerprint density at radius 1 is 1.58 bits per heavy atom. The molecular weight excluding hydrogens is 161 g/mol. The van der Waals surface area contributed by atoms with Gasteiger partial charge in [-0.25, -0.2) is 4.39 Å². The SMILES string of the molecule is Cc1noc(C)c1C[C@H](F)CO. The zero-order chi connectivity index (χ0) is 9.14. The fraction of sp³-hybridized carbons (Fsp3) is 0.625. The summed E-state index contributed by atoms with van der Waals surface area (Å²) in [5, 5.41) is 12.2. The van der Waals surface area contributed by atoms with Crippen LogP contribution < -0.4 is 0 Å². The largest absolute Gasteiger partial charge is 0.393 e. The second-order valence-electron chi connectivity index (χ2n) is 2.79. The molecule has 0 spiro atoms. The molecular formula is C8H12FNO2. The number of nitrogens with zero attached hydrogens (tertiary/aromatic N) is 1. The minimum Gasteiger partial charge on any atom is -0.393 e. The summed E-state index contributed by atoms with van der Waals surface area (Å²) in [5.74, 6) is 0.628. The first-order chi connectivity index (χ1) is 5.65. The van der Waals surface area contributed by atoms with Crippen LogP contribution in [0.5, 0.6) is 0 Å². The van der Waals surface area contributed by atoms with E-state index in [1.54, 1.807) is 13.8 Å². The Labute approximate surface area is 70.2 Å². The lowest BCUT2D eigenvalue weighted by Crippen LogP contribution is -2.10. The van der Waals surface area contributed by atoms with Gasteiger partial charge in [0.15, 0.2) is 0 Å². The highest BCUT2D eigenvalue weighted by molar-refractivity contribution is 5.21. The van der Waals surface area contributed by atoms with E-state index < -0.39 is 12.8 Å². The van der Waals surface area contributed by atoms with E-state index in [9.17, 15) is 4.39 Å². The van der Waals surface area contributed by atoms with Crippen LogP contribution in [-0.4, -0.2) is 23.0 Å². The highest BCUT2D eigenvalue weighted by atomic mass is 19.1. The van der Waals surface area contributed by atoms with Crippen LogP contribution in [0.15, 0.2) is 4.52 Å². The van der Waals surface area contributed by atoms with Crippen molar-refractivity contribution in [1.29, 1.82) is 0 Å². The first kappa shape index (κ1) is 9.19. The molecule has 0 amide bonds. The van der Waals surface area contributed by atoms with Crippen LogP contribution in [0, 0.1) is 13.8 Å². The second-order valence-corrected chi connectivity index (χ2v) is 2.79. The van der Waals surface area contributed by atoms with Crippen LogP contribution in [0.1, 0.15) is 17.0 Å². The molecule has 0 unspecified atom stereocenters. The van der Waals surface area contributed by atoms with Crippen molar-refractivity contribution in [3.63, 3.8) is 0 Å². The fourth-order valence-corrected chi connectivity index (χ4v) is 1.08. The molecule has 12 heavy (non-hydrogen) atoms. The van der Waals surface area contributed by atoms with Gasteiger partial charge >= 0.3 is 0 Å². The van der Waals surface area contributed by atoms with Crippen molar-refractivity contribution in [3.05, 3.63) is 17.0 Å². The van der Waals surface area contributed by atoms with Crippen LogP contribution >= 0.6 is 0 Å². The summed E-state index contributed by atoms with van der Waals surface area (Å²) < 4.78 is 17.6. The molecule has 1 aromatic rings. The van der Waals surface area contributed by atoms with E-state index in [1.807, 2.05) is 0 Å². The van der Waals surface area contributed by atoms with Crippen LogP contribution in [0.3, 0.4) is 0 Å². The Kier molecular flexibility index (Phi) is 2.81. The third-order valence-corrected chi connectivity index (χ3v) is 1.80. The normalized spacial score (nSPS) is 13.3. The van der Waals surface area contributed by atoms with Gasteiger partial charge in [0.05, 0.1) is 12.3 Å². The topological polar surface area (TPSA) is 46.3 Å². The molecule has 1 atom stereocenters. The molecule has 0 fully saturated rings. The van der Waals surface area contributed by atoms with Gasteiger partial charge in [0.25, 0.3) is 0 Å². The number of aryl methyl sites for hydroxylation is 2. The summed E-state index contributed by atoms with van der Waals surface area (Å²) >= 11 is 0. The predicted molar refractivity (Wildman–Crippen MR) is 41.7 cm³/mol. The van der Waals surface area contributed by atoms with E-state index in [-0.39, 0.29) is 6.42 Å². The number of alkyl halides is 1. The monoisotopic (exact) mass is 173 g/mol. The van der Waals surface area contributed by atoms with Gasteiger partial charge in [-0.1, -0.05) is 5.16 Å². The molecule has 0 aliphatic heterocycles. The first-order valence-electron chi connectivity index (χ1n) is 3.81. The molecule has 1 heterocycles. The smallest absolute Gasteiger partial charge is 0.137 e. The molecule has 1 rings (SSSR count). The Morgan fingerprint density at radius 3 is 2.67 bits per heavy atom. The van der Waals surface area contributed by atoms with Crippen molar-refractivity contribution >= 4 is 0 Å². The molecule has 1 N–H and O–H groups in total. The maximum atomic E-state index is 12.7. The number of aliphatic hydroxyl groups excluding tert-OH is 1. The Hall–Kier alpha value is -0.900. The Balaban J connectivity index is 2.73. The lowest BCUT2D eigenvalue weighted by atomic mass is 10.1. The van der Waals surface area contributed by atoms with Crippen LogP contribution in [-0.2, 0) is 6.42 Å². The average Bonchev–Trinajstić information content (AvgIpc) is 2.35. The highest BCUT2D eigenvalue weighted by Crippen LogP contribution is 2.15. The van der Waals surface area contributed by atoms with E-state index in [1.165, 1.54) is 0 Å². The molecule has 1 aromatic heterocycles. The van der Waals surface area contributed by atoms with Crippen molar-refractivity contribution in [2.45, 2.75) is 26.4 Å². The molecule has 0 saturated heterocycles.